The molecule has 0 saturated heterocycles. The van der Waals surface area contributed by atoms with E-state index in [4.69, 9.17) is 18.0 Å². The number of hydrogen-bond acceptors (Lipinski definition) is 4. The summed E-state index contributed by atoms with van der Waals surface area (Å²) in [5.41, 5.74) is 8.42. The second kappa shape index (κ2) is 7.04. The number of pyridine rings is 1. The Kier molecular flexibility index (Phi) is 5.11. The van der Waals surface area contributed by atoms with Crippen LogP contribution in [0.2, 0.25) is 0 Å². The molecule has 110 valence electrons. The van der Waals surface area contributed by atoms with Crippen LogP contribution in [0.25, 0.3) is 0 Å². The first kappa shape index (κ1) is 15.3. The molecule has 0 aliphatic heterocycles. The lowest BCUT2D eigenvalue weighted by Crippen LogP contribution is -2.21. The minimum Gasteiger partial charge on any atom is -0.388 e. The topological polar surface area (TPSA) is 54.2 Å². The Bertz CT molecular complexity index is 606. The van der Waals surface area contributed by atoms with Crippen molar-refractivity contribution in [1.29, 1.82) is 0 Å². The van der Waals surface area contributed by atoms with Crippen LogP contribution in [-0.2, 0) is 0 Å². The fraction of sp³-hybridized carbons (Fsp3) is 0.250. The van der Waals surface area contributed by atoms with Crippen LogP contribution in [0.5, 0.6) is 0 Å². The summed E-state index contributed by atoms with van der Waals surface area (Å²) >= 11 is 4.94. The molecule has 0 fully saturated rings. The Labute approximate surface area is 131 Å². The summed E-state index contributed by atoms with van der Waals surface area (Å²) in [6.45, 7) is 6.31. The summed E-state index contributed by atoms with van der Waals surface area (Å²) in [7, 11) is 0. The second-order valence-corrected chi connectivity index (χ2v) is 5.06. The molecule has 0 saturated carbocycles. The van der Waals surface area contributed by atoms with Crippen LogP contribution in [0, 0.1) is 0 Å². The van der Waals surface area contributed by atoms with Crippen molar-refractivity contribution >= 4 is 34.4 Å². The monoisotopic (exact) mass is 300 g/mol. The summed E-state index contributed by atoms with van der Waals surface area (Å²) in [6, 6.07) is 13.9. The van der Waals surface area contributed by atoms with Crippen LogP contribution < -0.4 is 16.0 Å². The molecular weight excluding hydrogens is 280 g/mol. The van der Waals surface area contributed by atoms with Crippen molar-refractivity contribution in [3.8, 4) is 0 Å². The summed E-state index contributed by atoms with van der Waals surface area (Å²) in [5.74, 6) is 0.732. The van der Waals surface area contributed by atoms with Gasteiger partial charge in [-0.3, -0.25) is 0 Å². The SMILES string of the molecule is CCN(CC)c1ccc(Nc2cccc(C(N)=S)n2)cc1. The third-order valence-electron chi connectivity index (χ3n) is 3.27. The number of aromatic nitrogens is 1. The van der Waals surface area contributed by atoms with E-state index in [0.717, 1.165) is 24.6 Å². The normalized spacial score (nSPS) is 10.2. The number of anilines is 3. The molecule has 2 aromatic rings. The zero-order valence-electron chi connectivity index (χ0n) is 12.3. The van der Waals surface area contributed by atoms with Gasteiger partial charge in [0.25, 0.3) is 0 Å². The lowest BCUT2D eigenvalue weighted by atomic mass is 10.2. The fourth-order valence-electron chi connectivity index (χ4n) is 2.13. The highest BCUT2D eigenvalue weighted by atomic mass is 32.1. The highest BCUT2D eigenvalue weighted by Gasteiger charge is 2.03. The smallest absolute Gasteiger partial charge is 0.131 e. The van der Waals surface area contributed by atoms with E-state index in [2.05, 4.69) is 41.2 Å². The van der Waals surface area contributed by atoms with Gasteiger partial charge in [-0.15, -0.1) is 0 Å². The van der Waals surface area contributed by atoms with Gasteiger partial charge < -0.3 is 16.0 Å². The summed E-state index contributed by atoms with van der Waals surface area (Å²) in [6.07, 6.45) is 0. The summed E-state index contributed by atoms with van der Waals surface area (Å²) in [4.78, 5) is 6.97. The molecule has 0 radical (unpaired) electrons. The molecule has 0 aliphatic carbocycles. The molecule has 1 aromatic carbocycles. The minimum atomic E-state index is 0.301. The summed E-state index contributed by atoms with van der Waals surface area (Å²) < 4.78 is 0. The van der Waals surface area contributed by atoms with Gasteiger partial charge in [-0.05, 0) is 50.2 Å². The van der Waals surface area contributed by atoms with E-state index in [0.29, 0.717) is 10.7 Å². The number of nitrogens with two attached hydrogens (primary N) is 1. The van der Waals surface area contributed by atoms with E-state index < -0.39 is 0 Å². The van der Waals surface area contributed by atoms with Gasteiger partial charge in [0.15, 0.2) is 0 Å². The average Bonchev–Trinajstić information content (AvgIpc) is 2.50. The Morgan fingerprint density at radius 3 is 2.38 bits per heavy atom. The molecule has 0 bridgehead atoms. The van der Waals surface area contributed by atoms with Crippen LogP contribution in [0.1, 0.15) is 19.5 Å². The van der Waals surface area contributed by atoms with E-state index in [1.165, 1.54) is 5.69 Å². The zero-order chi connectivity index (χ0) is 15.2. The molecule has 5 heteroatoms. The molecule has 2 rings (SSSR count). The van der Waals surface area contributed by atoms with Crippen molar-refractivity contribution in [2.75, 3.05) is 23.3 Å². The maximum atomic E-state index is 5.60. The largest absolute Gasteiger partial charge is 0.388 e. The molecule has 0 amide bonds. The van der Waals surface area contributed by atoms with E-state index in [-0.39, 0.29) is 0 Å². The quantitative estimate of drug-likeness (QED) is 0.802. The van der Waals surface area contributed by atoms with Crippen molar-refractivity contribution in [1.82, 2.24) is 4.98 Å². The molecule has 0 spiro atoms. The maximum Gasteiger partial charge on any atom is 0.131 e. The number of benzene rings is 1. The minimum absolute atomic E-state index is 0.301. The van der Waals surface area contributed by atoms with Crippen LogP contribution in [0.3, 0.4) is 0 Å². The van der Waals surface area contributed by atoms with Gasteiger partial charge in [0, 0.05) is 24.5 Å². The predicted molar refractivity (Wildman–Crippen MR) is 93.4 cm³/mol. The van der Waals surface area contributed by atoms with Gasteiger partial charge in [-0.2, -0.15) is 0 Å². The van der Waals surface area contributed by atoms with Gasteiger partial charge in [0.05, 0.1) is 5.69 Å². The van der Waals surface area contributed by atoms with Gasteiger partial charge in [0.2, 0.25) is 0 Å². The lowest BCUT2D eigenvalue weighted by Gasteiger charge is -2.21. The average molecular weight is 300 g/mol. The van der Waals surface area contributed by atoms with Crippen molar-refractivity contribution in [2.45, 2.75) is 13.8 Å². The van der Waals surface area contributed by atoms with Gasteiger partial charge in [-0.1, -0.05) is 18.3 Å². The first-order chi connectivity index (χ1) is 10.1. The van der Waals surface area contributed by atoms with Gasteiger partial charge >= 0.3 is 0 Å². The van der Waals surface area contributed by atoms with Crippen LogP contribution in [0.15, 0.2) is 42.5 Å². The maximum absolute atomic E-state index is 5.60. The third-order valence-corrected chi connectivity index (χ3v) is 3.48. The molecule has 0 atom stereocenters. The van der Waals surface area contributed by atoms with Crippen molar-refractivity contribution in [3.05, 3.63) is 48.2 Å². The third kappa shape index (κ3) is 3.92. The molecular formula is C16H20N4S. The number of rotatable bonds is 6. The van der Waals surface area contributed by atoms with E-state index in [1.807, 2.05) is 24.3 Å². The predicted octanol–water partition coefficient (Wildman–Crippen LogP) is 3.31. The van der Waals surface area contributed by atoms with E-state index in [9.17, 15) is 0 Å². The van der Waals surface area contributed by atoms with E-state index in [1.54, 1.807) is 6.07 Å². The van der Waals surface area contributed by atoms with Crippen molar-refractivity contribution < 1.29 is 0 Å². The van der Waals surface area contributed by atoms with E-state index >= 15 is 0 Å². The highest BCUT2D eigenvalue weighted by Crippen LogP contribution is 2.20. The molecule has 21 heavy (non-hydrogen) atoms. The Morgan fingerprint density at radius 2 is 1.81 bits per heavy atom. The molecule has 4 nitrogen and oxygen atoms in total. The molecule has 1 aromatic heterocycles. The standard InChI is InChI=1S/C16H20N4S/c1-3-20(4-2)13-10-8-12(9-11-13)18-15-7-5-6-14(19-15)16(17)21/h5-11H,3-4H2,1-2H3,(H2,17,21)(H,18,19). The molecule has 1 heterocycles. The summed E-state index contributed by atoms with van der Waals surface area (Å²) in [5, 5.41) is 3.26. The number of hydrogen-bond donors (Lipinski definition) is 2. The number of nitrogens with one attached hydrogen (secondary N) is 1. The molecule has 0 unspecified atom stereocenters. The first-order valence-electron chi connectivity index (χ1n) is 7.03. The lowest BCUT2D eigenvalue weighted by molar-refractivity contribution is 0.866. The fourth-order valence-corrected chi connectivity index (χ4v) is 2.25. The molecule has 3 N–H and O–H groups in total. The Morgan fingerprint density at radius 1 is 1.14 bits per heavy atom. The second-order valence-electron chi connectivity index (χ2n) is 4.62. The molecule has 0 aliphatic rings. The highest BCUT2D eigenvalue weighted by molar-refractivity contribution is 7.80. The van der Waals surface area contributed by atoms with Crippen molar-refractivity contribution in [2.24, 2.45) is 5.73 Å². The van der Waals surface area contributed by atoms with Crippen molar-refractivity contribution in [3.63, 3.8) is 0 Å². The van der Waals surface area contributed by atoms with Gasteiger partial charge in [0.1, 0.15) is 10.8 Å². The Balaban J connectivity index is 2.13. The van der Waals surface area contributed by atoms with Gasteiger partial charge in [-0.25, -0.2) is 4.98 Å². The number of thiocarbonyl (C=S) groups is 1. The Hall–Kier alpha value is -2.14. The van der Waals surface area contributed by atoms with Crippen LogP contribution >= 0.6 is 12.2 Å². The first-order valence-corrected chi connectivity index (χ1v) is 7.43. The van der Waals surface area contributed by atoms with Crippen LogP contribution in [0.4, 0.5) is 17.2 Å². The van der Waals surface area contributed by atoms with Crippen LogP contribution in [-0.4, -0.2) is 23.1 Å². The number of nitrogens with zero attached hydrogens (tertiary/aromatic N) is 2. The zero-order valence-corrected chi connectivity index (χ0v) is 13.2.